The largest absolute Gasteiger partial charge is 0.497 e. The van der Waals surface area contributed by atoms with E-state index in [4.69, 9.17) is 9.47 Å². The molecule has 1 aromatic rings. The summed E-state index contributed by atoms with van der Waals surface area (Å²) in [6.45, 7) is 3.24. The standard InChI is InChI=1S/C15H23NO2/c1-4-9-16-15(11-5-6-11)13-10-12(17-2)7-8-14(13)18-3/h7-8,10-11,15-16H,4-6,9H2,1-3H3. The van der Waals surface area contributed by atoms with E-state index in [1.165, 1.54) is 18.4 Å². The van der Waals surface area contributed by atoms with Gasteiger partial charge in [0.05, 0.1) is 14.2 Å². The molecule has 1 atom stereocenters. The Bertz CT molecular complexity index is 388. The van der Waals surface area contributed by atoms with Crippen molar-refractivity contribution < 1.29 is 9.47 Å². The minimum absolute atomic E-state index is 0.398. The van der Waals surface area contributed by atoms with E-state index in [1.54, 1.807) is 14.2 Å². The van der Waals surface area contributed by atoms with Crippen LogP contribution in [0.3, 0.4) is 0 Å². The molecule has 1 unspecified atom stereocenters. The first-order valence-corrected chi connectivity index (χ1v) is 6.75. The van der Waals surface area contributed by atoms with Crippen LogP contribution in [0.4, 0.5) is 0 Å². The zero-order chi connectivity index (χ0) is 13.0. The summed E-state index contributed by atoms with van der Waals surface area (Å²) in [5.41, 5.74) is 1.23. The van der Waals surface area contributed by atoms with E-state index in [9.17, 15) is 0 Å². The van der Waals surface area contributed by atoms with Gasteiger partial charge >= 0.3 is 0 Å². The van der Waals surface area contributed by atoms with Crippen LogP contribution < -0.4 is 14.8 Å². The summed E-state index contributed by atoms with van der Waals surface area (Å²) in [6, 6.07) is 6.45. The molecule has 1 aliphatic carbocycles. The highest BCUT2D eigenvalue weighted by Crippen LogP contribution is 2.44. The van der Waals surface area contributed by atoms with Crippen LogP contribution in [0.5, 0.6) is 11.5 Å². The number of methoxy groups -OCH3 is 2. The second-order valence-corrected chi connectivity index (χ2v) is 4.88. The number of nitrogens with one attached hydrogen (secondary N) is 1. The van der Waals surface area contributed by atoms with Crippen molar-refractivity contribution in [2.75, 3.05) is 20.8 Å². The first kappa shape index (κ1) is 13.2. The highest BCUT2D eigenvalue weighted by molar-refractivity contribution is 5.43. The van der Waals surface area contributed by atoms with E-state index in [0.29, 0.717) is 6.04 Å². The Kier molecular flexibility index (Phi) is 4.48. The zero-order valence-corrected chi connectivity index (χ0v) is 11.5. The number of rotatable bonds is 7. The van der Waals surface area contributed by atoms with E-state index in [2.05, 4.69) is 18.3 Å². The molecule has 0 radical (unpaired) electrons. The second kappa shape index (κ2) is 6.10. The fourth-order valence-electron chi connectivity index (χ4n) is 2.34. The number of benzene rings is 1. The Balaban J connectivity index is 2.25. The van der Waals surface area contributed by atoms with Gasteiger partial charge in [-0.15, -0.1) is 0 Å². The van der Waals surface area contributed by atoms with Crippen molar-refractivity contribution in [1.82, 2.24) is 5.32 Å². The van der Waals surface area contributed by atoms with Crippen molar-refractivity contribution in [3.8, 4) is 11.5 Å². The maximum absolute atomic E-state index is 5.49. The SMILES string of the molecule is CCCNC(c1cc(OC)ccc1OC)C1CC1. The molecule has 1 fully saturated rings. The Morgan fingerprint density at radius 2 is 2.06 bits per heavy atom. The van der Waals surface area contributed by atoms with E-state index in [-0.39, 0.29) is 0 Å². The van der Waals surface area contributed by atoms with E-state index in [1.807, 2.05) is 12.1 Å². The third-order valence-electron chi connectivity index (χ3n) is 3.48. The van der Waals surface area contributed by atoms with Crippen molar-refractivity contribution in [3.05, 3.63) is 23.8 Å². The van der Waals surface area contributed by atoms with Crippen LogP contribution in [0.1, 0.15) is 37.8 Å². The molecule has 18 heavy (non-hydrogen) atoms. The van der Waals surface area contributed by atoms with Gasteiger partial charge < -0.3 is 14.8 Å². The van der Waals surface area contributed by atoms with Crippen molar-refractivity contribution in [3.63, 3.8) is 0 Å². The Hall–Kier alpha value is -1.22. The average molecular weight is 249 g/mol. The van der Waals surface area contributed by atoms with Gasteiger partial charge in [0.2, 0.25) is 0 Å². The summed E-state index contributed by atoms with van der Waals surface area (Å²) in [5, 5.41) is 3.64. The molecule has 1 saturated carbocycles. The first-order chi connectivity index (χ1) is 8.80. The van der Waals surface area contributed by atoms with Crippen LogP contribution in [-0.4, -0.2) is 20.8 Å². The zero-order valence-electron chi connectivity index (χ0n) is 11.5. The van der Waals surface area contributed by atoms with E-state index < -0.39 is 0 Å². The second-order valence-electron chi connectivity index (χ2n) is 4.88. The van der Waals surface area contributed by atoms with Crippen molar-refractivity contribution in [1.29, 1.82) is 0 Å². The molecule has 1 aliphatic rings. The minimum atomic E-state index is 0.398. The van der Waals surface area contributed by atoms with E-state index in [0.717, 1.165) is 30.4 Å². The molecule has 1 aromatic carbocycles. The van der Waals surface area contributed by atoms with Gasteiger partial charge in [-0.3, -0.25) is 0 Å². The molecule has 0 aliphatic heterocycles. The van der Waals surface area contributed by atoms with Gasteiger partial charge in [0.25, 0.3) is 0 Å². The molecule has 0 spiro atoms. The van der Waals surface area contributed by atoms with Gasteiger partial charge in [-0.25, -0.2) is 0 Å². The molecule has 0 heterocycles. The van der Waals surface area contributed by atoms with E-state index >= 15 is 0 Å². The van der Waals surface area contributed by atoms with Crippen LogP contribution in [0, 0.1) is 5.92 Å². The molecular weight excluding hydrogens is 226 g/mol. The number of hydrogen-bond acceptors (Lipinski definition) is 3. The van der Waals surface area contributed by atoms with Gasteiger partial charge in [-0.05, 0) is 49.9 Å². The summed E-state index contributed by atoms with van der Waals surface area (Å²) in [4.78, 5) is 0. The Morgan fingerprint density at radius 1 is 1.28 bits per heavy atom. The lowest BCUT2D eigenvalue weighted by Gasteiger charge is -2.21. The van der Waals surface area contributed by atoms with Crippen molar-refractivity contribution >= 4 is 0 Å². The summed E-state index contributed by atoms with van der Waals surface area (Å²) < 4.78 is 10.8. The third kappa shape index (κ3) is 2.96. The number of ether oxygens (including phenoxy) is 2. The third-order valence-corrected chi connectivity index (χ3v) is 3.48. The monoisotopic (exact) mass is 249 g/mol. The Labute approximate surface area is 109 Å². The average Bonchev–Trinajstić information content (AvgIpc) is 3.23. The number of hydrogen-bond donors (Lipinski definition) is 1. The molecule has 3 heteroatoms. The molecule has 1 N–H and O–H groups in total. The normalized spacial score (nSPS) is 16.4. The van der Waals surface area contributed by atoms with Gasteiger partial charge in [0.15, 0.2) is 0 Å². The fourth-order valence-corrected chi connectivity index (χ4v) is 2.34. The predicted molar refractivity (Wildman–Crippen MR) is 73.3 cm³/mol. The smallest absolute Gasteiger partial charge is 0.123 e. The quantitative estimate of drug-likeness (QED) is 0.805. The fraction of sp³-hybridized carbons (Fsp3) is 0.600. The minimum Gasteiger partial charge on any atom is -0.497 e. The van der Waals surface area contributed by atoms with Crippen molar-refractivity contribution in [2.24, 2.45) is 5.92 Å². The molecular formula is C15H23NO2. The molecule has 0 saturated heterocycles. The van der Waals surface area contributed by atoms with Gasteiger partial charge in [-0.1, -0.05) is 6.92 Å². The van der Waals surface area contributed by atoms with Crippen LogP contribution >= 0.6 is 0 Å². The predicted octanol–water partition coefficient (Wildman–Crippen LogP) is 3.15. The van der Waals surface area contributed by atoms with Gasteiger partial charge in [0.1, 0.15) is 11.5 Å². The Morgan fingerprint density at radius 3 is 2.61 bits per heavy atom. The summed E-state index contributed by atoms with van der Waals surface area (Å²) >= 11 is 0. The lowest BCUT2D eigenvalue weighted by atomic mass is 10.0. The first-order valence-electron chi connectivity index (χ1n) is 6.75. The molecule has 2 rings (SSSR count). The van der Waals surface area contributed by atoms with Crippen molar-refractivity contribution in [2.45, 2.75) is 32.2 Å². The molecule has 0 amide bonds. The van der Waals surface area contributed by atoms with Crippen LogP contribution in [-0.2, 0) is 0 Å². The molecule has 3 nitrogen and oxygen atoms in total. The summed E-state index contributed by atoms with van der Waals surface area (Å²) in [5.74, 6) is 2.60. The maximum atomic E-state index is 5.49. The molecule has 0 aromatic heterocycles. The highest BCUT2D eigenvalue weighted by atomic mass is 16.5. The van der Waals surface area contributed by atoms with Crippen LogP contribution in [0.25, 0.3) is 0 Å². The molecule has 100 valence electrons. The summed E-state index contributed by atoms with van der Waals surface area (Å²) in [7, 11) is 3.44. The lowest BCUT2D eigenvalue weighted by molar-refractivity contribution is 0.382. The highest BCUT2D eigenvalue weighted by Gasteiger charge is 2.33. The maximum Gasteiger partial charge on any atom is 0.123 e. The van der Waals surface area contributed by atoms with Crippen LogP contribution in [0.15, 0.2) is 18.2 Å². The van der Waals surface area contributed by atoms with Gasteiger partial charge in [0, 0.05) is 11.6 Å². The van der Waals surface area contributed by atoms with Gasteiger partial charge in [-0.2, -0.15) is 0 Å². The lowest BCUT2D eigenvalue weighted by Crippen LogP contribution is -2.24. The van der Waals surface area contributed by atoms with Crippen LogP contribution in [0.2, 0.25) is 0 Å². The summed E-state index contributed by atoms with van der Waals surface area (Å²) in [6.07, 6.45) is 3.76. The topological polar surface area (TPSA) is 30.5 Å². The molecule has 0 bridgehead atoms.